The molecule has 0 aromatic carbocycles. The molecule has 1 aliphatic heterocycles. The molecule has 0 aromatic heterocycles. The minimum Gasteiger partial charge on any atom is -0.389 e. The number of nitrogens with two attached hydrogens (primary N) is 1. The van der Waals surface area contributed by atoms with Gasteiger partial charge in [-0.05, 0) is 33.2 Å². The molecule has 0 bridgehead atoms. The lowest BCUT2D eigenvalue weighted by atomic mass is 9.96. The van der Waals surface area contributed by atoms with Crippen LogP contribution in [0.5, 0.6) is 0 Å². The fourth-order valence-electron chi connectivity index (χ4n) is 2.72. The van der Waals surface area contributed by atoms with Crippen LogP contribution in [0.25, 0.3) is 0 Å². The molecule has 0 aromatic rings. The van der Waals surface area contributed by atoms with Crippen molar-refractivity contribution in [2.45, 2.75) is 57.4 Å². The zero-order valence-electron chi connectivity index (χ0n) is 12.5. The normalized spacial score (nSPS) is 26.1. The molecule has 1 heterocycles. The van der Waals surface area contributed by atoms with Crippen LogP contribution >= 0.6 is 0 Å². The van der Waals surface area contributed by atoms with E-state index in [0.717, 1.165) is 13.0 Å². The number of nitrogens with zero attached hydrogens (tertiary/aromatic N) is 1. The van der Waals surface area contributed by atoms with Gasteiger partial charge >= 0.3 is 0 Å². The van der Waals surface area contributed by atoms with Crippen LogP contribution < -0.4 is 5.73 Å². The number of piperidine rings is 1. The number of hydrogen-bond acceptors (Lipinski definition) is 5. The Balaban J connectivity index is 2.31. The lowest BCUT2D eigenvalue weighted by Crippen LogP contribution is -2.52. The van der Waals surface area contributed by atoms with Crippen molar-refractivity contribution in [3.05, 3.63) is 0 Å². The van der Waals surface area contributed by atoms with E-state index in [0.29, 0.717) is 25.8 Å². The van der Waals surface area contributed by atoms with Crippen molar-refractivity contribution in [2.24, 2.45) is 5.73 Å². The fraction of sp³-hybridized carbons (Fsp3) is 1.00. The monoisotopic (exact) mass is 274 g/mol. The summed E-state index contributed by atoms with van der Waals surface area (Å²) < 4.78 is 10.5. The Hall–Kier alpha value is -0.200. The van der Waals surface area contributed by atoms with E-state index in [1.807, 2.05) is 13.8 Å². The number of ether oxygens (including phenoxy) is 2. The largest absolute Gasteiger partial charge is 0.389 e. The lowest BCUT2D eigenvalue weighted by Gasteiger charge is -2.39. The highest BCUT2D eigenvalue weighted by atomic mass is 16.5. The van der Waals surface area contributed by atoms with E-state index in [-0.39, 0.29) is 12.1 Å². The topological polar surface area (TPSA) is 68.0 Å². The number of rotatable bonds is 8. The van der Waals surface area contributed by atoms with Gasteiger partial charge in [0.1, 0.15) is 0 Å². The Kier molecular flexibility index (Phi) is 7.87. The molecule has 114 valence electrons. The maximum atomic E-state index is 10.1. The predicted octanol–water partition coefficient (Wildman–Crippen LogP) is 0.601. The summed E-state index contributed by atoms with van der Waals surface area (Å²) in [5.41, 5.74) is 6.02. The number of β-amino-alcohol motifs (C(OH)–C–C–N with tert-alkyl or cyclic N) is 1. The molecule has 1 fully saturated rings. The van der Waals surface area contributed by atoms with Crippen LogP contribution in [0.15, 0.2) is 0 Å². The molecule has 0 spiro atoms. The Labute approximate surface area is 117 Å². The van der Waals surface area contributed by atoms with Crippen LogP contribution in [0.1, 0.15) is 33.1 Å². The lowest BCUT2D eigenvalue weighted by molar-refractivity contribution is -0.0460. The molecule has 5 nitrogen and oxygen atoms in total. The minimum atomic E-state index is -0.460. The van der Waals surface area contributed by atoms with E-state index in [9.17, 15) is 5.11 Å². The first kappa shape index (κ1) is 16.9. The second kappa shape index (κ2) is 8.87. The van der Waals surface area contributed by atoms with Gasteiger partial charge in [-0.3, -0.25) is 4.90 Å². The summed E-state index contributed by atoms with van der Waals surface area (Å²) in [7, 11) is 1.65. The van der Waals surface area contributed by atoms with Gasteiger partial charge in [0, 0.05) is 25.7 Å². The predicted molar refractivity (Wildman–Crippen MR) is 76.2 cm³/mol. The Morgan fingerprint density at radius 1 is 1.32 bits per heavy atom. The van der Waals surface area contributed by atoms with E-state index in [4.69, 9.17) is 15.2 Å². The number of methoxy groups -OCH3 is 1. The molecule has 3 N–H and O–H groups in total. The average molecular weight is 274 g/mol. The van der Waals surface area contributed by atoms with Crippen LogP contribution in [-0.2, 0) is 9.47 Å². The molecule has 4 atom stereocenters. The Morgan fingerprint density at radius 2 is 2.05 bits per heavy atom. The summed E-state index contributed by atoms with van der Waals surface area (Å²) in [5, 5.41) is 10.1. The second-order valence-corrected chi connectivity index (χ2v) is 5.67. The van der Waals surface area contributed by atoms with Gasteiger partial charge in [-0.2, -0.15) is 0 Å². The maximum absolute atomic E-state index is 10.1. The molecule has 1 rings (SSSR count). The van der Waals surface area contributed by atoms with Gasteiger partial charge in [0.25, 0.3) is 0 Å². The number of hydrogen-bond donors (Lipinski definition) is 2. The average Bonchev–Trinajstić information content (AvgIpc) is 2.37. The molecule has 0 aliphatic carbocycles. The van der Waals surface area contributed by atoms with Crippen molar-refractivity contribution < 1.29 is 14.6 Å². The van der Waals surface area contributed by atoms with E-state index in [1.54, 1.807) is 7.11 Å². The van der Waals surface area contributed by atoms with Crippen molar-refractivity contribution in [3.8, 4) is 0 Å². The molecule has 0 radical (unpaired) electrons. The Bertz CT molecular complexity index is 239. The molecule has 1 aliphatic rings. The first-order valence-electron chi connectivity index (χ1n) is 7.32. The first-order chi connectivity index (χ1) is 9.04. The van der Waals surface area contributed by atoms with Crippen molar-refractivity contribution >= 4 is 0 Å². The van der Waals surface area contributed by atoms with Gasteiger partial charge in [-0.25, -0.2) is 0 Å². The molecule has 5 heteroatoms. The number of likely N-dealkylation sites (tertiary alicyclic amines) is 1. The van der Waals surface area contributed by atoms with Gasteiger partial charge in [-0.1, -0.05) is 6.42 Å². The number of aliphatic hydroxyl groups excluding tert-OH is 1. The van der Waals surface area contributed by atoms with Crippen LogP contribution in [0.2, 0.25) is 0 Å². The summed E-state index contributed by atoms with van der Waals surface area (Å²) in [4.78, 5) is 2.31. The van der Waals surface area contributed by atoms with Crippen LogP contribution in [0.4, 0.5) is 0 Å². The minimum absolute atomic E-state index is 0.0187. The third-order valence-electron chi connectivity index (χ3n) is 3.69. The van der Waals surface area contributed by atoms with Crippen LogP contribution in [0, 0.1) is 0 Å². The summed E-state index contributed by atoms with van der Waals surface area (Å²) >= 11 is 0. The third kappa shape index (κ3) is 6.19. The van der Waals surface area contributed by atoms with Crippen molar-refractivity contribution in [2.75, 3.05) is 33.4 Å². The smallest absolute Gasteiger partial charge is 0.0900 e. The highest BCUT2D eigenvalue weighted by molar-refractivity contribution is 4.84. The summed E-state index contributed by atoms with van der Waals surface area (Å²) in [6, 6.07) is 0.542. The molecule has 19 heavy (non-hydrogen) atoms. The zero-order valence-corrected chi connectivity index (χ0v) is 12.5. The van der Waals surface area contributed by atoms with Gasteiger partial charge in [0.05, 0.1) is 25.4 Å². The molecular weight excluding hydrogens is 244 g/mol. The highest BCUT2D eigenvalue weighted by Gasteiger charge is 2.26. The van der Waals surface area contributed by atoms with Gasteiger partial charge in [0.15, 0.2) is 0 Å². The van der Waals surface area contributed by atoms with Gasteiger partial charge < -0.3 is 20.3 Å². The zero-order chi connectivity index (χ0) is 14.3. The van der Waals surface area contributed by atoms with E-state index < -0.39 is 6.10 Å². The molecule has 0 amide bonds. The SMILES string of the molecule is COCC(C)OCC(O)CN1CCCCC1C(C)N. The maximum Gasteiger partial charge on any atom is 0.0900 e. The molecule has 1 saturated heterocycles. The quantitative estimate of drug-likeness (QED) is 0.678. The summed E-state index contributed by atoms with van der Waals surface area (Å²) in [6.07, 6.45) is 3.12. The second-order valence-electron chi connectivity index (χ2n) is 5.67. The van der Waals surface area contributed by atoms with E-state index >= 15 is 0 Å². The van der Waals surface area contributed by atoms with Crippen molar-refractivity contribution in [1.29, 1.82) is 0 Å². The van der Waals surface area contributed by atoms with E-state index in [1.165, 1.54) is 12.8 Å². The number of aliphatic hydroxyl groups is 1. The highest BCUT2D eigenvalue weighted by Crippen LogP contribution is 2.19. The Morgan fingerprint density at radius 3 is 2.68 bits per heavy atom. The first-order valence-corrected chi connectivity index (χ1v) is 7.32. The fourth-order valence-corrected chi connectivity index (χ4v) is 2.72. The van der Waals surface area contributed by atoms with Gasteiger partial charge in [0.2, 0.25) is 0 Å². The van der Waals surface area contributed by atoms with Crippen molar-refractivity contribution in [3.63, 3.8) is 0 Å². The third-order valence-corrected chi connectivity index (χ3v) is 3.69. The van der Waals surface area contributed by atoms with Crippen LogP contribution in [-0.4, -0.2) is 67.7 Å². The van der Waals surface area contributed by atoms with Crippen LogP contribution in [0.3, 0.4) is 0 Å². The van der Waals surface area contributed by atoms with Crippen molar-refractivity contribution in [1.82, 2.24) is 4.90 Å². The summed E-state index contributed by atoms with van der Waals surface area (Å²) in [6.45, 7) is 6.57. The molecule has 4 unspecified atom stereocenters. The van der Waals surface area contributed by atoms with Gasteiger partial charge in [-0.15, -0.1) is 0 Å². The summed E-state index contributed by atoms with van der Waals surface area (Å²) in [5.74, 6) is 0. The molecular formula is C14H30N2O3. The van der Waals surface area contributed by atoms with E-state index in [2.05, 4.69) is 4.90 Å². The molecule has 0 saturated carbocycles. The standard InChI is InChI=1S/C14H30N2O3/c1-11(9-18-3)19-10-13(17)8-16-7-5-4-6-14(16)12(2)15/h11-14,17H,4-10,15H2,1-3H3.